The molecule has 0 atom stereocenters. The van der Waals surface area contributed by atoms with Crippen LogP contribution in [0.25, 0.3) is 0 Å². The van der Waals surface area contributed by atoms with Crippen LogP contribution in [0, 0.1) is 0 Å². The molecule has 0 N–H and O–H groups in total. The molecule has 8 nitrogen and oxygen atoms in total. The summed E-state index contributed by atoms with van der Waals surface area (Å²) in [7, 11) is 5.56. The van der Waals surface area contributed by atoms with Crippen LogP contribution >= 0.6 is 0 Å². The van der Waals surface area contributed by atoms with E-state index in [-0.39, 0.29) is 56.4 Å². The first kappa shape index (κ1) is 27.8. The smallest absolute Gasteiger partial charge is 0.234 e. The molecule has 4 aromatic carbocycles. The summed E-state index contributed by atoms with van der Waals surface area (Å²) in [6, 6.07) is 21.7. The zero-order valence-corrected chi connectivity index (χ0v) is 22.3. The van der Waals surface area contributed by atoms with E-state index in [0.717, 1.165) is 0 Å². The number of rotatable bonds is 11. The Hall–Kier alpha value is -5.24. The van der Waals surface area contributed by atoms with Gasteiger partial charge in [0, 0.05) is 22.3 Å². The molecule has 40 heavy (non-hydrogen) atoms. The van der Waals surface area contributed by atoms with E-state index in [0.29, 0.717) is 0 Å². The Morgan fingerprint density at radius 3 is 1.32 bits per heavy atom. The van der Waals surface area contributed by atoms with Gasteiger partial charge < -0.3 is 18.9 Å². The molecule has 0 bridgehead atoms. The molecular weight excluding hydrogens is 512 g/mol. The largest absolute Gasteiger partial charge is 0.496 e. The van der Waals surface area contributed by atoms with Crippen LogP contribution in [0.15, 0.2) is 84.9 Å². The summed E-state index contributed by atoms with van der Waals surface area (Å²) in [5.74, 6) is -2.44. The molecule has 0 saturated carbocycles. The van der Waals surface area contributed by atoms with Gasteiger partial charge in [-0.05, 0) is 24.3 Å². The maximum atomic E-state index is 14.3. The van der Waals surface area contributed by atoms with Crippen LogP contribution in [0.5, 0.6) is 23.0 Å². The van der Waals surface area contributed by atoms with Crippen molar-refractivity contribution in [2.24, 2.45) is 0 Å². The van der Waals surface area contributed by atoms with Gasteiger partial charge in [0.15, 0.2) is 0 Å². The number of hydrogen-bond donors (Lipinski definition) is 0. The fourth-order valence-corrected chi connectivity index (χ4v) is 4.43. The molecule has 0 fully saturated rings. The van der Waals surface area contributed by atoms with Gasteiger partial charge >= 0.3 is 0 Å². The normalized spacial score (nSPS) is 10.4. The summed E-state index contributed by atoms with van der Waals surface area (Å²) in [6.07, 6.45) is 0. The lowest BCUT2D eigenvalue weighted by Gasteiger charge is -2.18. The van der Waals surface area contributed by atoms with Crippen LogP contribution in [0.4, 0.5) is 0 Å². The third kappa shape index (κ3) is 5.07. The summed E-state index contributed by atoms with van der Waals surface area (Å²) in [5.41, 5.74) is -0.478. The van der Waals surface area contributed by atoms with E-state index in [9.17, 15) is 19.2 Å². The molecule has 0 aliphatic heterocycles. The summed E-state index contributed by atoms with van der Waals surface area (Å²) < 4.78 is 21.7. The Labute approximate surface area is 231 Å². The second kappa shape index (κ2) is 12.1. The van der Waals surface area contributed by atoms with E-state index in [1.165, 1.54) is 58.8 Å². The minimum Gasteiger partial charge on any atom is -0.496 e. The number of hydrogen-bond acceptors (Lipinski definition) is 8. The second-order valence-corrected chi connectivity index (χ2v) is 8.49. The third-order valence-corrected chi connectivity index (χ3v) is 6.33. The average Bonchev–Trinajstić information content (AvgIpc) is 3.02. The standard InChI is InChI=1S/C32H26O8/c1-37-22-15-9-16-23(38-2)27(22)30(34)20-13-8-14-21(31(35)29(33)19-11-6-5-7-12-19)26(20)32(36)28-24(39-3)17-10-18-25(28)40-4/h5-18H,1-4H3. The van der Waals surface area contributed by atoms with Crippen molar-refractivity contribution in [2.45, 2.75) is 0 Å². The number of ketones is 4. The Morgan fingerprint density at radius 1 is 0.425 bits per heavy atom. The first-order valence-electron chi connectivity index (χ1n) is 12.2. The third-order valence-electron chi connectivity index (χ3n) is 6.33. The number of carbonyl (C=O) groups excluding carboxylic acids is 4. The summed E-state index contributed by atoms with van der Waals surface area (Å²) in [6.45, 7) is 0. The monoisotopic (exact) mass is 538 g/mol. The molecule has 0 heterocycles. The van der Waals surface area contributed by atoms with Gasteiger partial charge in [0.05, 0.1) is 28.4 Å². The molecule has 0 spiro atoms. The van der Waals surface area contributed by atoms with Crippen LogP contribution < -0.4 is 18.9 Å². The van der Waals surface area contributed by atoms with Crippen LogP contribution in [0.3, 0.4) is 0 Å². The molecule has 0 unspecified atom stereocenters. The summed E-state index contributed by atoms with van der Waals surface area (Å²) in [4.78, 5) is 55.3. The number of benzene rings is 4. The summed E-state index contributed by atoms with van der Waals surface area (Å²) in [5, 5.41) is 0. The van der Waals surface area contributed by atoms with Gasteiger partial charge in [0.25, 0.3) is 0 Å². The van der Waals surface area contributed by atoms with Crippen molar-refractivity contribution in [3.8, 4) is 23.0 Å². The number of methoxy groups -OCH3 is 4. The fourth-order valence-electron chi connectivity index (χ4n) is 4.43. The van der Waals surface area contributed by atoms with E-state index < -0.39 is 23.1 Å². The molecular formula is C32H26O8. The molecule has 0 aliphatic carbocycles. The number of Topliss-reactive ketones (excluding diaryl/α,β-unsaturated/α-hetero) is 2. The molecule has 0 radical (unpaired) electrons. The minimum absolute atomic E-state index is 0.0130. The lowest BCUT2D eigenvalue weighted by Crippen LogP contribution is -2.22. The molecule has 0 amide bonds. The lowest BCUT2D eigenvalue weighted by molar-refractivity contribution is 0.0815. The van der Waals surface area contributed by atoms with Crippen molar-refractivity contribution < 1.29 is 38.1 Å². The van der Waals surface area contributed by atoms with Gasteiger partial charge in [-0.3, -0.25) is 19.2 Å². The highest BCUT2D eigenvalue weighted by Gasteiger charge is 2.33. The summed E-state index contributed by atoms with van der Waals surface area (Å²) >= 11 is 0. The highest BCUT2D eigenvalue weighted by molar-refractivity contribution is 6.50. The second-order valence-electron chi connectivity index (χ2n) is 8.49. The fraction of sp³-hybridized carbons (Fsp3) is 0.125. The number of ether oxygens (including phenoxy) is 4. The van der Waals surface area contributed by atoms with Crippen molar-refractivity contribution in [3.05, 3.63) is 118 Å². The first-order valence-corrected chi connectivity index (χ1v) is 12.2. The molecule has 0 aliphatic rings. The van der Waals surface area contributed by atoms with Gasteiger partial charge in [0.2, 0.25) is 23.1 Å². The van der Waals surface area contributed by atoms with Gasteiger partial charge in [-0.15, -0.1) is 0 Å². The van der Waals surface area contributed by atoms with Crippen LogP contribution in [-0.4, -0.2) is 51.6 Å². The van der Waals surface area contributed by atoms with E-state index in [1.807, 2.05) is 0 Å². The van der Waals surface area contributed by atoms with Crippen LogP contribution in [0.1, 0.15) is 52.6 Å². The van der Waals surface area contributed by atoms with E-state index in [2.05, 4.69) is 0 Å². The average molecular weight is 539 g/mol. The molecule has 0 saturated heterocycles. The Morgan fingerprint density at radius 2 is 0.850 bits per heavy atom. The maximum absolute atomic E-state index is 14.3. The van der Waals surface area contributed by atoms with Gasteiger partial charge in [-0.1, -0.05) is 60.7 Å². The van der Waals surface area contributed by atoms with Crippen molar-refractivity contribution in [2.75, 3.05) is 28.4 Å². The van der Waals surface area contributed by atoms with E-state index >= 15 is 0 Å². The van der Waals surface area contributed by atoms with Crippen molar-refractivity contribution in [1.29, 1.82) is 0 Å². The molecule has 202 valence electrons. The Bertz CT molecular complexity index is 1560. The quantitative estimate of drug-likeness (QED) is 0.188. The number of carbonyl (C=O) groups is 4. The molecule has 4 aromatic rings. The Balaban J connectivity index is 2.02. The van der Waals surface area contributed by atoms with Crippen molar-refractivity contribution >= 4 is 23.1 Å². The van der Waals surface area contributed by atoms with Gasteiger partial charge in [-0.25, -0.2) is 0 Å². The minimum atomic E-state index is -0.954. The highest BCUT2D eigenvalue weighted by Crippen LogP contribution is 2.36. The Kier molecular flexibility index (Phi) is 8.39. The predicted molar refractivity (Wildman–Crippen MR) is 148 cm³/mol. The molecule has 8 heteroatoms. The van der Waals surface area contributed by atoms with Gasteiger partial charge in [0.1, 0.15) is 34.1 Å². The van der Waals surface area contributed by atoms with E-state index in [4.69, 9.17) is 18.9 Å². The highest BCUT2D eigenvalue weighted by atomic mass is 16.5. The predicted octanol–water partition coefficient (Wildman–Crippen LogP) is 5.25. The first-order chi connectivity index (χ1) is 19.4. The topological polar surface area (TPSA) is 105 Å². The van der Waals surface area contributed by atoms with Crippen molar-refractivity contribution in [1.82, 2.24) is 0 Å². The SMILES string of the molecule is COc1cccc(OC)c1C(=O)c1cccc(C(=O)C(=O)c2ccccc2)c1C(=O)c1c(OC)cccc1OC. The van der Waals surface area contributed by atoms with Crippen LogP contribution in [0.2, 0.25) is 0 Å². The van der Waals surface area contributed by atoms with Crippen molar-refractivity contribution in [3.63, 3.8) is 0 Å². The van der Waals surface area contributed by atoms with Gasteiger partial charge in [-0.2, -0.15) is 0 Å². The lowest BCUT2D eigenvalue weighted by atomic mass is 9.86. The zero-order valence-electron chi connectivity index (χ0n) is 22.3. The van der Waals surface area contributed by atoms with E-state index in [1.54, 1.807) is 54.6 Å². The maximum Gasteiger partial charge on any atom is 0.234 e. The van der Waals surface area contributed by atoms with Crippen LogP contribution in [-0.2, 0) is 0 Å². The molecule has 4 rings (SSSR count). The molecule has 0 aromatic heterocycles. The zero-order chi connectivity index (χ0) is 28.8.